The van der Waals surface area contributed by atoms with Gasteiger partial charge in [0.25, 0.3) is 0 Å². The van der Waals surface area contributed by atoms with Crippen molar-refractivity contribution in [3.8, 4) is 22.5 Å². The third-order valence-electron chi connectivity index (χ3n) is 7.56. The van der Waals surface area contributed by atoms with Crippen LogP contribution in [0.3, 0.4) is 0 Å². The second-order valence-electron chi connectivity index (χ2n) is 9.66. The number of hydrogen-bond acceptors (Lipinski definition) is 1. The van der Waals surface area contributed by atoms with Crippen molar-refractivity contribution >= 4 is 43.7 Å². The van der Waals surface area contributed by atoms with Crippen LogP contribution in [0.5, 0.6) is 0 Å². The lowest BCUT2D eigenvalue weighted by molar-refractivity contribution is 1.17. The molecular weight excluding hydrogens is 462 g/mol. The number of nitrogens with zero attached hydrogens (tertiary/aromatic N) is 3. The van der Waals surface area contributed by atoms with Gasteiger partial charge in [-0.3, -0.25) is 4.98 Å². The zero-order valence-corrected chi connectivity index (χ0v) is 20.6. The second-order valence-corrected chi connectivity index (χ2v) is 9.66. The van der Waals surface area contributed by atoms with Crippen LogP contribution in [0.25, 0.3) is 66.2 Å². The van der Waals surface area contributed by atoms with E-state index < -0.39 is 0 Å². The summed E-state index contributed by atoms with van der Waals surface area (Å²) in [6, 6.07) is 47.5. The number of fused-ring (bicyclic) bond motifs is 6. The monoisotopic (exact) mass is 485 g/mol. The molecule has 3 aromatic heterocycles. The van der Waals surface area contributed by atoms with Crippen molar-refractivity contribution in [2.45, 2.75) is 0 Å². The smallest absolute Gasteiger partial charge is 0.0963 e. The van der Waals surface area contributed by atoms with Gasteiger partial charge in [0.1, 0.15) is 0 Å². The van der Waals surface area contributed by atoms with Crippen molar-refractivity contribution in [3.05, 3.63) is 140 Å². The Balaban J connectivity index is 1.48. The van der Waals surface area contributed by atoms with Gasteiger partial charge in [0.15, 0.2) is 0 Å². The first kappa shape index (κ1) is 21.0. The number of rotatable bonds is 3. The third kappa shape index (κ3) is 2.99. The number of para-hydroxylation sites is 4. The minimum Gasteiger partial charge on any atom is -0.309 e. The number of pyridine rings is 1. The van der Waals surface area contributed by atoms with E-state index >= 15 is 0 Å². The zero-order chi connectivity index (χ0) is 25.1. The zero-order valence-electron chi connectivity index (χ0n) is 20.6. The first-order valence-electron chi connectivity index (χ1n) is 12.9. The maximum Gasteiger partial charge on any atom is 0.0963 e. The van der Waals surface area contributed by atoms with Crippen LogP contribution in [0.1, 0.15) is 0 Å². The van der Waals surface area contributed by atoms with E-state index in [9.17, 15) is 0 Å². The van der Waals surface area contributed by atoms with Crippen molar-refractivity contribution in [2.75, 3.05) is 0 Å². The van der Waals surface area contributed by atoms with Crippen molar-refractivity contribution in [2.24, 2.45) is 0 Å². The maximum absolute atomic E-state index is 4.77. The average molecular weight is 486 g/mol. The molecule has 0 spiro atoms. The Morgan fingerprint density at radius 1 is 0.447 bits per heavy atom. The molecule has 0 atom stereocenters. The summed E-state index contributed by atoms with van der Waals surface area (Å²) in [6.45, 7) is 0. The van der Waals surface area contributed by atoms with E-state index in [1.807, 2.05) is 12.3 Å². The van der Waals surface area contributed by atoms with Gasteiger partial charge in [-0.25, -0.2) is 0 Å². The van der Waals surface area contributed by atoms with Crippen LogP contribution >= 0.6 is 0 Å². The summed E-state index contributed by atoms with van der Waals surface area (Å²) >= 11 is 0. The van der Waals surface area contributed by atoms with Crippen LogP contribution in [0.4, 0.5) is 0 Å². The molecule has 8 aromatic rings. The number of aromatic nitrogens is 3. The molecule has 0 saturated carbocycles. The highest BCUT2D eigenvalue weighted by Crippen LogP contribution is 2.40. The molecule has 0 aliphatic rings. The second kappa shape index (κ2) is 8.19. The summed E-state index contributed by atoms with van der Waals surface area (Å²) in [4.78, 5) is 4.77. The predicted molar refractivity (Wildman–Crippen MR) is 158 cm³/mol. The van der Waals surface area contributed by atoms with E-state index in [2.05, 4.69) is 137 Å². The molecule has 178 valence electrons. The lowest BCUT2D eigenvalue weighted by Gasteiger charge is -2.12. The predicted octanol–water partition coefficient (Wildman–Crippen LogP) is 8.94. The molecule has 3 heteroatoms. The fourth-order valence-corrected chi connectivity index (χ4v) is 5.95. The van der Waals surface area contributed by atoms with Gasteiger partial charge in [-0.2, -0.15) is 0 Å². The molecule has 0 unspecified atom stereocenters. The van der Waals surface area contributed by atoms with E-state index in [4.69, 9.17) is 4.98 Å². The summed E-state index contributed by atoms with van der Waals surface area (Å²) < 4.78 is 4.73. The summed E-state index contributed by atoms with van der Waals surface area (Å²) in [5.41, 5.74) is 10.4. The fourth-order valence-electron chi connectivity index (χ4n) is 5.95. The maximum atomic E-state index is 4.77. The Labute approximate surface area is 219 Å². The van der Waals surface area contributed by atoms with Crippen molar-refractivity contribution in [1.82, 2.24) is 14.1 Å². The molecule has 0 amide bonds. The highest BCUT2D eigenvalue weighted by molar-refractivity contribution is 6.15. The van der Waals surface area contributed by atoms with Gasteiger partial charge in [0, 0.05) is 39.3 Å². The van der Waals surface area contributed by atoms with Gasteiger partial charge in [-0.15, -0.1) is 0 Å². The van der Waals surface area contributed by atoms with Crippen LogP contribution in [0.2, 0.25) is 0 Å². The molecule has 0 aliphatic heterocycles. The quantitative estimate of drug-likeness (QED) is 0.245. The Kier molecular flexibility index (Phi) is 4.52. The highest BCUT2D eigenvalue weighted by atomic mass is 15.0. The SMILES string of the molecule is c1ccc(-n2c3cc(-c4cccc5c6ccccc6n(-c6ccccc6)c45)ccc3c3ncccc32)cc1. The Bertz CT molecular complexity index is 2120. The molecule has 0 N–H and O–H groups in total. The number of hydrogen-bond donors (Lipinski definition) is 0. The molecule has 3 nitrogen and oxygen atoms in total. The summed E-state index contributed by atoms with van der Waals surface area (Å²) in [6.07, 6.45) is 1.88. The van der Waals surface area contributed by atoms with Crippen molar-refractivity contribution in [3.63, 3.8) is 0 Å². The lowest BCUT2D eigenvalue weighted by atomic mass is 10.0. The molecular formula is C35H23N3. The summed E-state index contributed by atoms with van der Waals surface area (Å²) in [7, 11) is 0. The summed E-state index contributed by atoms with van der Waals surface area (Å²) in [5.74, 6) is 0. The lowest BCUT2D eigenvalue weighted by Crippen LogP contribution is -1.96. The van der Waals surface area contributed by atoms with E-state index in [0.29, 0.717) is 0 Å². The molecule has 0 radical (unpaired) electrons. The third-order valence-corrected chi connectivity index (χ3v) is 7.56. The van der Waals surface area contributed by atoms with Gasteiger partial charge in [0.05, 0.1) is 27.6 Å². The average Bonchev–Trinajstić information content (AvgIpc) is 3.51. The minimum atomic E-state index is 1.02. The van der Waals surface area contributed by atoms with Crippen LogP contribution in [-0.2, 0) is 0 Å². The van der Waals surface area contributed by atoms with Crippen LogP contribution in [0.15, 0.2) is 140 Å². The molecule has 5 aromatic carbocycles. The Morgan fingerprint density at radius 2 is 1.13 bits per heavy atom. The fraction of sp³-hybridized carbons (Fsp3) is 0. The topological polar surface area (TPSA) is 22.8 Å². The van der Waals surface area contributed by atoms with E-state index in [1.54, 1.807) is 0 Å². The molecule has 38 heavy (non-hydrogen) atoms. The van der Waals surface area contributed by atoms with E-state index in [-0.39, 0.29) is 0 Å². The van der Waals surface area contributed by atoms with E-state index in [1.165, 1.54) is 32.9 Å². The largest absolute Gasteiger partial charge is 0.309 e. The molecule has 0 aliphatic carbocycles. The summed E-state index contributed by atoms with van der Waals surface area (Å²) in [5, 5.41) is 3.67. The van der Waals surface area contributed by atoms with Gasteiger partial charge in [0.2, 0.25) is 0 Å². The molecule has 3 heterocycles. The Hall–Kier alpha value is -5.15. The van der Waals surface area contributed by atoms with Crippen LogP contribution < -0.4 is 0 Å². The highest BCUT2D eigenvalue weighted by Gasteiger charge is 2.18. The molecule has 0 bridgehead atoms. The first-order valence-corrected chi connectivity index (χ1v) is 12.9. The first-order chi connectivity index (χ1) is 18.9. The van der Waals surface area contributed by atoms with E-state index in [0.717, 1.165) is 33.3 Å². The van der Waals surface area contributed by atoms with Crippen molar-refractivity contribution < 1.29 is 0 Å². The van der Waals surface area contributed by atoms with Crippen LogP contribution in [-0.4, -0.2) is 14.1 Å². The minimum absolute atomic E-state index is 1.02. The standard InChI is InChI=1S/C35H23N3/c1-3-11-25(12-4-1)37-32-19-10-22-36-34(32)30-21-20-24(23-33(30)37)27-16-9-17-29-28-15-7-8-18-31(28)38(35(27)29)26-13-5-2-6-14-26/h1-23H. The molecule has 8 rings (SSSR count). The van der Waals surface area contributed by atoms with Gasteiger partial charge in [-0.05, 0) is 60.2 Å². The van der Waals surface area contributed by atoms with Gasteiger partial charge < -0.3 is 9.13 Å². The normalized spacial score (nSPS) is 11.7. The number of benzene rings is 5. The Morgan fingerprint density at radius 3 is 1.95 bits per heavy atom. The van der Waals surface area contributed by atoms with Crippen molar-refractivity contribution in [1.29, 1.82) is 0 Å². The molecule has 0 fully saturated rings. The molecule has 0 saturated heterocycles. The van der Waals surface area contributed by atoms with Gasteiger partial charge >= 0.3 is 0 Å². The van der Waals surface area contributed by atoms with Gasteiger partial charge in [-0.1, -0.05) is 78.9 Å². The van der Waals surface area contributed by atoms with Crippen LogP contribution in [0, 0.1) is 0 Å².